The minimum Gasteiger partial charge on any atom is -0.463 e. The molecule has 158 valence electrons. The van der Waals surface area contributed by atoms with Crippen LogP contribution in [0.1, 0.15) is 32.6 Å². The van der Waals surface area contributed by atoms with Crippen LogP contribution in [-0.4, -0.2) is 57.4 Å². The van der Waals surface area contributed by atoms with Crippen molar-refractivity contribution in [3.05, 3.63) is 23.2 Å². The molecule has 0 spiro atoms. The van der Waals surface area contributed by atoms with Crippen molar-refractivity contribution in [1.29, 1.82) is 5.26 Å². The number of carbonyl (C=O) groups excluding carboxylic acids is 3. The summed E-state index contributed by atoms with van der Waals surface area (Å²) < 4.78 is 23.1. The molecule has 3 heterocycles. The molecule has 0 bridgehead atoms. The fourth-order valence-electron chi connectivity index (χ4n) is 3.24. The zero-order valence-corrected chi connectivity index (χ0v) is 17.0. The molecule has 30 heavy (non-hydrogen) atoms. The van der Waals surface area contributed by atoms with E-state index in [4.69, 9.17) is 30.5 Å². The molecular formula is C18H17ClN4O7. The SMILES string of the molecule is CC(=O)OC[C@H]1O[C@@H](n2cc(C#N)c3c(Cl)ncnc32)[C@H](OC(C)=O)[C@@H]1OC(C)=O. The summed E-state index contributed by atoms with van der Waals surface area (Å²) in [5, 5.41) is 9.82. The molecule has 0 aromatic carbocycles. The molecule has 11 nitrogen and oxygen atoms in total. The summed E-state index contributed by atoms with van der Waals surface area (Å²) in [5.41, 5.74) is 0.427. The summed E-state index contributed by atoms with van der Waals surface area (Å²) in [6.07, 6.45) is -1.54. The molecule has 0 N–H and O–H groups in total. The summed E-state index contributed by atoms with van der Waals surface area (Å²) in [6.45, 7) is 3.34. The Labute approximate surface area is 175 Å². The Morgan fingerprint density at radius 2 is 1.83 bits per heavy atom. The number of halogens is 1. The van der Waals surface area contributed by atoms with Gasteiger partial charge in [0.2, 0.25) is 0 Å². The average Bonchev–Trinajstić information content (AvgIpc) is 3.19. The van der Waals surface area contributed by atoms with Crippen LogP contribution in [-0.2, 0) is 33.3 Å². The molecule has 0 aliphatic carbocycles. The van der Waals surface area contributed by atoms with Crippen molar-refractivity contribution >= 4 is 40.5 Å². The number of ether oxygens (including phenoxy) is 4. The maximum absolute atomic E-state index is 11.7. The lowest BCUT2D eigenvalue weighted by molar-refractivity contribution is -0.166. The third-order valence-corrected chi connectivity index (χ3v) is 4.58. The van der Waals surface area contributed by atoms with Gasteiger partial charge in [0.25, 0.3) is 0 Å². The number of esters is 3. The van der Waals surface area contributed by atoms with Crippen molar-refractivity contribution in [1.82, 2.24) is 14.5 Å². The number of nitrogens with zero attached hydrogens (tertiary/aromatic N) is 4. The van der Waals surface area contributed by atoms with Gasteiger partial charge in [-0.3, -0.25) is 14.4 Å². The van der Waals surface area contributed by atoms with E-state index in [1.807, 2.05) is 6.07 Å². The molecule has 3 rings (SSSR count). The predicted octanol–water partition coefficient (Wildman–Crippen LogP) is 1.28. The fraction of sp³-hybridized carbons (Fsp3) is 0.444. The highest BCUT2D eigenvalue weighted by molar-refractivity contribution is 6.34. The van der Waals surface area contributed by atoms with Gasteiger partial charge < -0.3 is 23.5 Å². The van der Waals surface area contributed by atoms with Gasteiger partial charge >= 0.3 is 17.9 Å². The van der Waals surface area contributed by atoms with E-state index in [0.29, 0.717) is 5.39 Å². The van der Waals surface area contributed by atoms with Gasteiger partial charge in [0.1, 0.15) is 35.9 Å². The van der Waals surface area contributed by atoms with Gasteiger partial charge in [-0.15, -0.1) is 0 Å². The van der Waals surface area contributed by atoms with E-state index in [9.17, 15) is 19.6 Å². The van der Waals surface area contributed by atoms with Crippen LogP contribution in [0.4, 0.5) is 0 Å². The lowest BCUT2D eigenvalue weighted by Crippen LogP contribution is -2.40. The van der Waals surface area contributed by atoms with Crippen LogP contribution >= 0.6 is 11.6 Å². The quantitative estimate of drug-likeness (QED) is 0.382. The first-order valence-electron chi connectivity index (χ1n) is 8.77. The van der Waals surface area contributed by atoms with E-state index < -0.39 is 42.4 Å². The van der Waals surface area contributed by atoms with Crippen LogP contribution in [0.3, 0.4) is 0 Å². The number of hydrogen-bond donors (Lipinski definition) is 0. The number of rotatable bonds is 5. The summed E-state index contributed by atoms with van der Waals surface area (Å²) >= 11 is 6.12. The third kappa shape index (κ3) is 4.19. The molecule has 0 saturated carbocycles. The van der Waals surface area contributed by atoms with E-state index in [1.54, 1.807) is 0 Å². The molecule has 0 radical (unpaired) electrons. The van der Waals surface area contributed by atoms with Crippen LogP contribution in [0.15, 0.2) is 12.5 Å². The maximum Gasteiger partial charge on any atom is 0.303 e. The van der Waals surface area contributed by atoms with Crippen molar-refractivity contribution in [3.8, 4) is 6.07 Å². The molecule has 1 aliphatic heterocycles. The first kappa shape index (κ1) is 21.5. The third-order valence-electron chi connectivity index (χ3n) is 4.30. The highest BCUT2D eigenvalue weighted by atomic mass is 35.5. The van der Waals surface area contributed by atoms with Crippen LogP contribution < -0.4 is 0 Å². The highest BCUT2D eigenvalue weighted by Crippen LogP contribution is 2.38. The normalized spacial score (nSPS) is 23.0. The summed E-state index contributed by atoms with van der Waals surface area (Å²) in [5.74, 6) is -1.86. The number of hydrogen-bond acceptors (Lipinski definition) is 10. The van der Waals surface area contributed by atoms with Crippen molar-refractivity contribution in [2.45, 2.75) is 45.3 Å². The van der Waals surface area contributed by atoms with Gasteiger partial charge in [-0.05, 0) is 0 Å². The monoisotopic (exact) mass is 436 g/mol. The maximum atomic E-state index is 11.7. The highest BCUT2D eigenvalue weighted by Gasteiger charge is 2.51. The van der Waals surface area contributed by atoms with E-state index in [-0.39, 0.29) is 23.0 Å². The van der Waals surface area contributed by atoms with Gasteiger partial charge in [0.05, 0.1) is 10.9 Å². The minimum absolute atomic E-state index is 0.0605. The topological polar surface area (TPSA) is 143 Å². The molecule has 12 heteroatoms. The Hall–Kier alpha value is -3.23. The molecular weight excluding hydrogens is 420 g/mol. The zero-order valence-electron chi connectivity index (χ0n) is 16.2. The predicted molar refractivity (Wildman–Crippen MR) is 98.9 cm³/mol. The van der Waals surface area contributed by atoms with Crippen LogP contribution in [0, 0.1) is 11.3 Å². The standard InChI is InChI=1S/C18H17ClN4O7/c1-8(24)27-6-12-14(28-9(2)25)15(29-10(3)26)18(30-12)23-5-11(4-20)13-16(19)21-7-22-17(13)23/h5,7,12,14-15,18H,6H2,1-3H3/t12-,14-,15-,18-/m1/s1. The number of fused-ring (bicyclic) bond motifs is 1. The molecule has 0 unspecified atom stereocenters. The van der Waals surface area contributed by atoms with Crippen molar-refractivity contribution in [3.63, 3.8) is 0 Å². The van der Waals surface area contributed by atoms with Crippen molar-refractivity contribution in [2.24, 2.45) is 0 Å². The number of aromatic nitrogens is 3. The van der Waals surface area contributed by atoms with E-state index in [0.717, 1.165) is 0 Å². The first-order valence-corrected chi connectivity index (χ1v) is 9.15. The summed E-state index contributed by atoms with van der Waals surface area (Å²) in [6, 6.07) is 2.00. The lowest BCUT2D eigenvalue weighted by atomic mass is 10.1. The van der Waals surface area contributed by atoms with E-state index in [1.165, 1.54) is 37.9 Å². The average molecular weight is 437 g/mol. The Bertz CT molecular complexity index is 1050. The van der Waals surface area contributed by atoms with Crippen LogP contribution in [0.25, 0.3) is 11.0 Å². The Kier molecular flexibility index (Phi) is 6.19. The van der Waals surface area contributed by atoms with Crippen LogP contribution in [0.5, 0.6) is 0 Å². The van der Waals surface area contributed by atoms with Gasteiger partial charge in [0.15, 0.2) is 18.4 Å². The second kappa shape index (κ2) is 8.64. The molecule has 1 saturated heterocycles. The second-order valence-electron chi connectivity index (χ2n) is 6.44. The molecule has 1 aliphatic rings. The van der Waals surface area contributed by atoms with E-state index >= 15 is 0 Å². The largest absolute Gasteiger partial charge is 0.463 e. The molecule has 4 atom stereocenters. The summed E-state index contributed by atoms with van der Waals surface area (Å²) in [7, 11) is 0. The minimum atomic E-state index is -1.11. The summed E-state index contributed by atoms with van der Waals surface area (Å²) in [4.78, 5) is 42.7. The zero-order chi connectivity index (χ0) is 22.0. The molecule has 2 aromatic rings. The van der Waals surface area contributed by atoms with Gasteiger partial charge in [-0.2, -0.15) is 5.26 Å². The number of carbonyl (C=O) groups is 3. The van der Waals surface area contributed by atoms with Crippen molar-refractivity contribution < 1.29 is 33.3 Å². The van der Waals surface area contributed by atoms with Crippen molar-refractivity contribution in [2.75, 3.05) is 6.61 Å². The Morgan fingerprint density at radius 1 is 1.17 bits per heavy atom. The Morgan fingerprint density at radius 3 is 2.43 bits per heavy atom. The Balaban J connectivity index is 2.09. The molecule has 1 fully saturated rings. The van der Waals surface area contributed by atoms with E-state index in [2.05, 4.69) is 9.97 Å². The van der Waals surface area contributed by atoms with Gasteiger partial charge in [0, 0.05) is 27.0 Å². The molecule has 2 aromatic heterocycles. The number of nitriles is 1. The lowest BCUT2D eigenvalue weighted by Gasteiger charge is -2.24. The second-order valence-corrected chi connectivity index (χ2v) is 6.80. The smallest absolute Gasteiger partial charge is 0.303 e. The van der Waals surface area contributed by atoms with Crippen LogP contribution in [0.2, 0.25) is 5.15 Å². The first-order chi connectivity index (χ1) is 14.2. The molecule has 0 amide bonds. The fourth-order valence-corrected chi connectivity index (χ4v) is 3.47. The van der Waals surface area contributed by atoms with Gasteiger partial charge in [-0.1, -0.05) is 11.6 Å². The van der Waals surface area contributed by atoms with Gasteiger partial charge in [-0.25, -0.2) is 9.97 Å².